The zero-order valence-corrected chi connectivity index (χ0v) is 13.8. The van der Waals surface area contributed by atoms with Gasteiger partial charge in [0.25, 0.3) is 0 Å². The molecule has 0 spiro atoms. The van der Waals surface area contributed by atoms with Gasteiger partial charge in [-0.1, -0.05) is 0 Å². The predicted octanol–water partition coefficient (Wildman–Crippen LogP) is 3.40. The third-order valence-corrected chi connectivity index (χ3v) is 4.11. The maximum Gasteiger partial charge on any atom is 0.416 e. The lowest BCUT2D eigenvalue weighted by molar-refractivity contribution is -0.137. The maximum absolute atomic E-state index is 12.8. The number of aryl methyl sites for hydroxylation is 1. The number of hydrogen-bond donors (Lipinski definition) is 1. The number of ether oxygens (including phenoxy) is 1. The molecule has 8 heteroatoms. The minimum Gasteiger partial charge on any atom is -0.507 e. The van der Waals surface area contributed by atoms with Crippen LogP contribution in [0.2, 0.25) is 0 Å². The third-order valence-electron chi connectivity index (χ3n) is 4.11. The number of hydrogen-bond acceptors (Lipinski definition) is 5. The Morgan fingerprint density at radius 2 is 2.00 bits per heavy atom. The third kappa shape index (κ3) is 3.68. The van der Waals surface area contributed by atoms with Crippen molar-refractivity contribution in [2.75, 3.05) is 24.6 Å². The van der Waals surface area contributed by atoms with E-state index in [2.05, 4.69) is 10.2 Å². The minimum absolute atomic E-state index is 0.0939. The van der Waals surface area contributed by atoms with E-state index in [1.807, 2.05) is 11.8 Å². The van der Waals surface area contributed by atoms with E-state index >= 15 is 0 Å². The molecule has 0 aliphatic carbocycles. The highest BCUT2D eigenvalue weighted by atomic mass is 19.4. The highest BCUT2D eigenvalue weighted by molar-refractivity contribution is 5.71. The molecular weight excluding hydrogens is 335 g/mol. The molecule has 1 fully saturated rings. The fourth-order valence-electron chi connectivity index (χ4n) is 2.92. The molecule has 3 rings (SSSR count). The Bertz CT molecular complexity index is 740. The number of halogens is 3. The molecule has 1 aromatic heterocycles. The molecule has 1 saturated heterocycles. The van der Waals surface area contributed by atoms with E-state index < -0.39 is 17.5 Å². The van der Waals surface area contributed by atoms with E-state index in [1.54, 1.807) is 12.1 Å². The molecule has 0 amide bonds. The Kier molecular flexibility index (Phi) is 4.55. The molecule has 1 aliphatic heterocycles. The number of phenolic OH excluding ortho intramolecular Hbond substituents is 1. The number of alkyl halides is 3. The highest BCUT2D eigenvalue weighted by Gasteiger charge is 2.32. The summed E-state index contributed by atoms with van der Waals surface area (Å²) in [7, 11) is 0. The van der Waals surface area contributed by atoms with Gasteiger partial charge in [0.15, 0.2) is 5.82 Å². The summed E-state index contributed by atoms with van der Waals surface area (Å²) in [6, 6.07) is 5.10. The molecule has 2 aromatic rings. The van der Waals surface area contributed by atoms with Gasteiger partial charge in [0.05, 0.1) is 24.0 Å². The van der Waals surface area contributed by atoms with Crippen LogP contribution in [-0.2, 0) is 10.9 Å². The SMILES string of the molecule is Cc1cc(C(F)(F)F)cc(O)c1-c1ccc(N2CCO[C@@H](C)C2)nn1. The summed E-state index contributed by atoms with van der Waals surface area (Å²) in [5, 5.41) is 18.3. The second-order valence-corrected chi connectivity index (χ2v) is 6.09. The average molecular weight is 353 g/mol. The van der Waals surface area contributed by atoms with Gasteiger partial charge in [-0.15, -0.1) is 10.2 Å². The Morgan fingerprint density at radius 1 is 1.24 bits per heavy atom. The molecule has 5 nitrogen and oxygen atoms in total. The zero-order chi connectivity index (χ0) is 18.2. The van der Waals surface area contributed by atoms with Crippen LogP contribution in [0.4, 0.5) is 19.0 Å². The summed E-state index contributed by atoms with van der Waals surface area (Å²) in [6.45, 7) is 5.46. The lowest BCUT2D eigenvalue weighted by Gasteiger charge is -2.31. The Labute approximate surface area is 143 Å². The van der Waals surface area contributed by atoms with Crippen LogP contribution in [0.15, 0.2) is 24.3 Å². The van der Waals surface area contributed by atoms with Gasteiger partial charge in [0.1, 0.15) is 5.75 Å². The van der Waals surface area contributed by atoms with Gasteiger partial charge in [-0.2, -0.15) is 13.2 Å². The van der Waals surface area contributed by atoms with Gasteiger partial charge in [0, 0.05) is 18.7 Å². The summed E-state index contributed by atoms with van der Waals surface area (Å²) in [5.41, 5.74) is -0.0244. The van der Waals surface area contributed by atoms with Gasteiger partial charge in [-0.25, -0.2) is 0 Å². The van der Waals surface area contributed by atoms with Crippen molar-refractivity contribution >= 4 is 5.82 Å². The van der Waals surface area contributed by atoms with E-state index in [1.165, 1.54) is 6.92 Å². The van der Waals surface area contributed by atoms with Crippen LogP contribution in [0, 0.1) is 6.92 Å². The van der Waals surface area contributed by atoms with Crippen LogP contribution in [0.1, 0.15) is 18.1 Å². The van der Waals surface area contributed by atoms with Crippen LogP contribution in [0.25, 0.3) is 11.3 Å². The molecule has 1 aromatic carbocycles. The van der Waals surface area contributed by atoms with Crippen LogP contribution >= 0.6 is 0 Å². The maximum atomic E-state index is 12.8. The van der Waals surface area contributed by atoms with Crippen LogP contribution < -0.4 is 4.90 Å². The number of benzene rings is 1. The summed E-state index contributed by atoms with van der Waals surface area (Å²) in [6.07, 6.45) is -4.42. The second-order valence-electron chi connectivity index (χ2n) is 6.09. The number of nitrogens with zero attached hydrogens (tertiary/aromatic N) is 3. The van der Waals surface area contributed by atoms with Crippen molar-refractivity contribution in [1.29, 1.82) is 0 Å². The van der Waals surface area contributed by atoms with Gasteiger partial charge >= 0.3 is 6.18 Å². The fourth-order valence-corrected chi connectivity index (χ4v) is 2.92. The molecule has 1 N–H and O–H groups in total. The number of aromatic nitrogens is 2. The first-order valence-electron chi connectivity index (χ1n) is 7.87. The molecular formula is C17H18F3N3O2. The van der Waals surface area contributed by atoms with E-state index in [4.69, 9.17) is 4.74 Å². The van der Waals surface area contributed by atoms with Gasteiger partial charge in [0.2, 0.25) is 0 Å². The van der Waals surface area contributed by atoms with Crippen LogP contribution in [-0.4, -0.2) is 41.1 Å². The molecule has 0 bridgehead atoms. The smallest absolute Gasteiger partial charge is 0.416 e. The molecule has 0 unspecified atom stereocenters. The van der Waals surface area contributed by atoms with Gasteiger partial charge in [-0.05, 0) is 43.7 Å². The van der Waals surface area contributed by atoms with E-state index in [0.29, 0.717) is 37.3 Å². The first-order chi connectivity index (χ1) is 11.8. The number of phenols is 1. The van der Waals surface area contributed by atoms with Crippen molar-refractivity contribution in [3.8, 4) is 17.0 Å². The minimum atomic E-state index is -4.51. The second kappa shape index (κ2) is 6.51. The predicted molar refractivity (Wildman–Crippen MR) is 86.5 cm³/mol. The van der Waals surface area contributed by atoms with Crippen LogP contribution in [0.3, 0.4) is 0 Å². The fraction of sp³-hybridized carbons (Fsp3) is 0.412. The quantitative estimate of drug-likeness (QED) is 0.897. The normalized spacial score (nSPS) is 18.4. The van der Waals surface area contributed by atoms with Crippen molar-refractivity contribution in [3.05, 3.63) is 35.4 Å². The molecule has 2 heterocycles. The van der Waals surface area contributed by atoms with Crippen molar-refractivity contribution in [2.24, 2.45) is 0 Å². The van der Waals surface area contributed by atoms with Crippen LogP contribution in [0.5, 0.6) is 5.75 Å². The van der Waals surface area contributed by atoms with E-state index in [0.717, 1.165) is 6.07 Å². The van der Waals surface area contributed by atoms with Crippen molar-refractivity contribution in [2.45, 2.75) is 26.1 Å². The van der Waals surface area contributed by atoms with Crippen molar-refractivity contribution in [3.63, 3.8) is 0 Å². The lowest BCUT2D eigenvalue weighted by Crippen LogP contribution is -2.41. The number of rotatable bonds is 2. The Balaban J connectivity index is 1.90. The summed E-state index contributed by atoms with van der Waals surface area (Å²) < 4.78 is 43.9. The molecule has 25 heavy (non-hydrogen) atoms. The molecule has 0 radical (unpaired) electrons. The summed E-state index contributed by atoms with van der Waals surface area (Å²) >= 11 is 0. The standard InChI is InChI=1S/C17H18F3N3O2/c1-10-7-12(17(18,19)20)8-14(24)16(10)13-3-4-15(22-21-13)23-5-6-25-11(2)9-23/h3-4,7-8,11,24H,5-6,9H2,1-2H3/t11-/m0/s1. The lowest BCUT2D eigenvalue weighted by atomic mass is 10.0. The molecule has 134 valence electrons. The summed E-state index contributed by atoms with van der Waals surface area (Å²) in [5.74, 6) is 0.206. The Morgan fingerprint density at radius 3 is 2.56 bits per heavy atom. The molecule has 1 aliphatic rings. The number of morpholine rings is 1. The average Bonchev–Trinajstić information content (AvgIpc) is 2.54. The highest BCUT2D eigenvalue weighted by Crippen LogP contribution is 2.38. The first-order valence-corrected chi connectivity index (χ1v) is 7.87. The van der Waals surface area contributed by atoms with Gasteiger partial charge in [-0.3, -0.25) is 0 Å². The number of anilines is 1. The first kappa shape index (κ1) is 17.5. The van der Waals surface area contributed by atoms with Crippen molar-refractivity contribution in [1.82, 2.24) is 10.2 Å². The molecule has 1 atom stereocenters. The van der Waals surface area contributed by atoms with E-state index in [-0.39, 0.29) is 17.2 Å². The Hall–Kier alpha value is -2.35. The monoisotopic (exact) mass is 353 g/mol. The van der Waals surface area contributed by atoms with E-state index in [9.17, 15) is 18.3 Å². The number of aromatic hydroxyl groups is 1. The zero-order valence-electron chi connectivity index (χ0n) is 13.8. The largest absolute Gasteiger partial charge is 0.507 e. The van der Waals surface area contributed by atoms with Gasteiger partial charge < -0.3 is 14.7 Å². The van der Waals surface area contributed by atoms with Crippen molar-refractivity contribution < 1.29 is 23.0 Å². The summed E-state index contributed by atoms with van der Waals surface area (Å²) in [4.78, 5) is 2.03. The molecule has 0 saturated carbocycles. The topological polar surface area (TPSA) is 58.5 Å².